The van der Waals surface area contributed by atoms with Gasteiger partial charge in [0.25, 0.3) is 0 Å². The molecule has 0 spiro atoms. The SMILES string of the molecule is CCNC(=O)C(C)(C)CNC(=NC)NCc1cc(Cl)cc(Cl)c1OC(F)F.I. The van der Waals surface area contributed by atoms with Crippen molar-refractivity contribution < 1.29 is 18.3 Å². The molecule has 0 fully saturated rings. The van der Waals surface area contributed by atoms with Gasteiger partial charge in [0.05, 0.1) is 10.4 Å². The molecule has 0 saturated carbocycles. The molecule has 3 N–H and O–H groups in total. The number of nitrogens with zero attached hydrogens (tertiary/aromatic N) is 1. The molecule has 1 rings (SSSR count). The smallest absolute Gasteiger partial charge is 0.387 e. The number of carbonyl (C=O) groups excluding carboxylic acids is 1. The maximum absolute atomic E-state index is 12.6. The summed E-state index contributed by atoms with van der Waals surface area (Å²) in [7, 11) is 1.55. The van der Waals surface area contributed by atoms with Crippen molar-refractivity contribution in [2.45, 2.75) is 33.9 Å². The summed E-state index contributed by atoms with van der Waals surface area (Å²) in [5, 5.41) is 9.04. The number of aliphatic imine (C=N–C) groups is 1. The first-order valence-corrected chi connectivity index (χ1v) is 9.01. The molecule has 0 heterocycles. The summed E-state index contributed by atoms with van der Waals surface area (Å²) < 4.78 is 29.7. The van der Waals surface area contributed by atoms with E-state index >= 15 is 0 Å². The largest absolute Gasteiger partial charge is 0.433 e. The minimum atomic E-state index is -3.02. The van der Waals surface area contributed by atoms with Crippen molar-refractivity contribution in [2.75, 3.05) is 20.1 Å². The number of hydrogen-bond acceptors (Lipinski definition) is 3. The summed E-state index contributed by atoms with van der Waals surface area (Å²) in [6.07, 6.45) is 0. The van der Waals surface area contributed by atoms with Crippen molar-refractivity contribution in [3.8, 4) is 5.75 Å². The topological polar surface area (TPSA) is 74.8 Å². The normalized spacial score (nSPS) is 11.7. The van der Waals surface area contributed by atoms with Crippen LogP contribution in [-0.4, -0.2) is 38.6 Å². The number of rotatable bonds is 8. The Labute approximate surface area is 190 Å². The Morgan fingerprint density at radius 3 is 2.43 bits per heavy atom. The summed E-state index contributed by atoms with van der Waals surface area (Å²) in [5.41, 5.74) is -0.324. The van der Waals surface area contributed by atoms with Gasteiger partial charge >= 0.3 is 6.61 Å². The van der Waals surface area contributed by atoms with Crippen molar-refractivity contribution >= 4 is 59.0 Å². The molecule has 11 heteroatoms. The summed E-state index contributed by atoms with van der Waals surface area (Å²) in [5.74, 6) is 0.135. The molecule has 1 aromatic rings. The van der Waals surface area contributed by atoms with Crippen molar-refractivity contribution in [3.63, 3.8) is 0 Å². The highest BCUT2D eigenvalue weighted by Gasteiger charge is 2.27. The van der Waals surface area contributed by atoms with Gasteiger partial charge in [-0.2, -0.15) is 8.78 Å². The number of hydrogen-bond donors (Lipinski definition) is 3. The molecule has 0 aromatic heterocycles. The number of nitrogens with one attached hydrogen (secondary N) is 3. The van der Waals surface area contributed by atoms with Gasteiger partial charge in [-0.1, -0.05) is 23.2 Å². The van der Waals surface area contributed by atoms with Crippen molar-refractivity contribution in [3.05, 3.63) is 27.7 Å². The van der Waals surface area contributed by atoms with Crippen LogP contribution in [0.2, 0.25) is 10.0 Å². The van der Waals surface area contributed by atoms with Gasteiger partial charge in [-0.05, 0) is 32.9 Å². The van der Waals surface area contributed by atoms with Crippen molar-refractivity contribution in [2.24, 2.45) is 10.4 Å². The minimum Gasteiger partial charge on any atom is -0.433 e. The van der Waals surface area contributed by atoms with Crippen LogP contribution in [0.4, 0.5) is 8.78 Å². The van der Waals surface area contributed by atoms with Gasteiger partial charge in [-0.3, -0.25) is 9.79 Å². The Hall–Kier alpha value is -1.07. The van der Waals surface area contributed by atoms with Gasteiger partial charge < -0.3 is 20.7 Å². The molecule has 28 heavy (non-hydrogen) atoms. The Bertz CT molecular complexity index is 691. The van der Waals surface area contributed by atoms with Gasteiger partial charge in [0.2, 0.25) is 5.91 Å². The molecule has 0 atom stereocenters. The third kappa shape index (κ3) is 8.52. The Balaban J connectivity index is 0.00000729. The van der Waals surface area contributed by atoms with E-state index in [1.807, 2.05) is 6.92 Å². The molecule has 0 unspecified atom stereocenters. The van der Waals surface area contributed by atoms with Crippen LogP contribution in [0.15, 0.2) is 17.1 Å². The number of benzene rings is 1. The summed E-state index contributed by atoms with van der Waals surface area (Å²) in [6.45, 7) is 3.36. The molecule has 0 bridgehead atoms. The summed E-state index contributed by atoms with van der Waals surface area (Å²) in [4.78, 5) is 16.1. The third-order valence-corrected chi connectivity index (χ3v) is 4.11. The monoisotopic (exact) mass is 552 g/mol. The van der Waals surface area contributed by atoms with E-state index in [0.29, 0.717) is 29.6 Å². The molecule has 0 aliphatic heterocycles. The summed E-state index contributed by atoms with van der Waals surface area (Å²) >= 11 is 11.9. The van der Waals surface area contributed by atoms with Crippen LogP contribution in [0.5, 0.6) is 5.75 Å². The first-order chi connectivity index (χ1) is 12.6. The maximum Gasteiger partial charge on any atom is 0.387 e. The molecule has 6 nitrogen and oxygen atoms in total. The zero-order chi connectivity index (χ0) is 20.6. The maximum atomic E-state index is 12.6. The molecule has 1 aromatic carbocycles. The van der Waals surface area contributed by atoms with Crippen LogP contribution in [0.3, 0.4) is 0 Å². The standard InChI is InChI=1S/C17H24Cl2F2N4O2.HI/c1-5-23-14(26)17(2,3)9-25-16(22-4)24-8-10-6-11(18)7-12(19)13(10)27-15(20)21;/h6-7,15H,5,8-9H2,1-4H3,(H,23,26)(H2,22,24,25);1H. The fourth-order valence-electron chi connectivity index (χ4n) is 2.15. The van der Waals surface area contributed by atoms with E-state index < -0.39 is 12.0 Å². The van der Waals surface area contributed by atoms with E-state index in [1.165, 1.54) is 12.1 Å². The van der Waals surface area contributed by atoms with Crippen molar-refractivity contribution in [1.82, 2.24) is 16.0 Å². The average Bonchev–Trinajstić information content (AvgIpc) is 2.57. The average molecular weight is 553 g/mol. The third-order valence-electron chi connectivity index (χ3n) is 3.61. The number of amides is 1. The predicted octanol–water partition coefficient (Wildman–Crippen LogP) is 4.04. The Morgan fingerprint density at radius 2 is 1.89 bits per heavy atom. The van der Waals surface area contributed by atoms with Crippen LogP contribution in [0.25, 0.3) is 0 Å². The lowest BCUT2D eigenvalue weighted by atomic mass is 9.92. The molecular weight excluding hydrogens is 528 g/mol. The minimum absolute atomic E-state index is 0. The van der Waals surface area contributed by atoms with Gasteiger partial charge in [-0.25, -0.2) is 0 Å². The molecule has 0 aliphatic rings. The van der Waals surface area contributed by atoms with E-state index in [4.69, 9.17) is 23.2 Å². The van der Waals surface area contributed by atoms with Gasteiger partial charge in [0, 0.05) is 37.3 Å². The lowest BCUT2D eigenvalue weighted by Crippen LogP contribution is -2.47. The zero-order valence-corrected chi connectivity index (χ0v) is 19.9. The fourth-order valence-corrected chi connectivity index (χ4v) is 2.73. The van der Waals surface area contributed by atoms with Gasteiger partial charge in [0.1, 0.15) is 5.75 Å². The highest BCUT2D eigenvalue weighted by Crippen LogP contribution is 2.33. The number of alkyl halides is 2. The molecule has 160 valence electrons. The highest BCUT2D eigenvalue weighted by molar-refractivity contribution is 14.0. The lowest BCUT2D eigenvalue weighted by Gasteiger charge is -2.25. The van der Waals surface area contributed by atoms with E-state index in [0.717, 1.165) is 0 Å². The van der Waals surface area contributed by atoms with Crippen LogP contribution < -0.4 is 20.7 Å². The van der Waals surface area contributed by atoms with Crippen LogP contribution in [0.1, 0.15) is 26.3 Å². The predicted molar refractivity (Wildman–Crippen MR) is 119 cm³/mol. The van der Waals surface area contributed by atoms with Gasteiger partial charge in [0.15, 0.2) is 5.96 Å². The van der Waals surface area contributed by atoms with E-state index in [1.54, 1.807) is 20.9 Å². The summed E-state index contributed by atoms with van der Waals surface area (Å²) in [6, 6.07) is 2.80. The van der Waals surface area contributed by atoms with Gasteiger partial charge in [-0.15, -0.1) is 24.0 Å². The van der Waals surface area contributed by atoms with Crippen LogP contribution in [0, 0.1) is 5.41 Å². The quantitative estimate of drug-likeness (QED) is 0.258. The Kier molecular flexibility index (Phi) is 12.0. The molecule has 0 saturated heterocycles. The number of ether oxygens (including phenoxy) is 1. The first kappa shape index (κ1) is 26.9. The first-order valence-electron chi connectivity index (χ1n) is 8.26. The molecule has 0 aliphatic carbocycles. The number of guanidine groups is 1. The Morgan fingerprint density at radius 1 is 1.25 bits per heavy atom. The van der Waals surface area contributed by atoms with Crippen LogP contribution >= 0.6 is 47.2 Å². The lowest BCUT2D eigenvalue weighted by molar-refractivity contribution is -0.128. The van der Waals surface area contributed by atoms with E-state index in [9.17, 15) is 13.6 Å². The second-order valence-corrected chi connectivity index (χ2v) is 7.12. The van der Waals surface area contributed by atoms with E-state index in [-0.39, 0.29) is 47.2 Å². The molecule has 1 amide bonds. The number of halogens is 5. The highest BCUT2D eigenvalue weighted by atomic mass is 127. The van der Waals surface area contributed by atoms with E-state index in [2.05, 4.69) is 25.7 Å². The molecular formula is C17H25Cl2F2IN4O2. The number of carbonyl (C=O) groups is 1. The fraction of sp³-hybridized carbons (Fsp3) is 0.529. The van der Waals surface area contributed by atoms with Crippen molar-refractivity contribution in [1.29, 1.82) is 0 Å². The second-order valence-electron chi connectivity index (χ2n) is 6.28. The second kappa shape index (κ2) is 12.5. The zero-order valence-electron chi connectivity index (χ0n) is 16.0. The molecule has 0 radical (unpaired) electrons. The van der Waals surface area contributed by atoms with Crippen LogP contribution in [-0.2, 0) is 11.3 Å².